The molecule has 8 nitrogen and oxygen atoms in total. The third-order valence-corrected chi connectivity index (χ3v) is 4.60. The number of carbonyl (C=O) groups is 2. The molecule has 0 aliphatic heterocycles. The molecule has 1 heterocycles. The van der Waals surface area contributed by atoms with Gasteiger partial charge in [0, 0.05) is 32.7 Å². The molecule has 3 rings (SSSR count). The molecular formula is C22H24N4O4. The number of aromatic amines is 1. The standard InChI is InChI=1S/C22H24N4O4/c1-15(27)23-13-16-7-9-17(10-8-16)22(29)26(11-12-30-2)14-20-24-19-6-4-3-5-18(19)21(28)25-20/h3-10H,11-14H2,1-2H3,(H,23,27)(H,24,25,28). The van der Waals surface area contributed by atoms with Crippen LogP contribution in [0.3, 0.4) is 0 Å². The summed E-state index contributed by atoms with van der Waals surface area (Å²) >= 11 is 0. The van der Waals surface area contributed by atoms with Gasteiger partial charge in [-0.3, -0.25) is 14.4 Å². The zero-order chi connectivity index (χ0) is 21.5. The SMILES string of the molecule is COCCN(Cc1nc2ccccc2c(=O)[nH]1)C(=O)c1ccc(CNC(C)=O)cc1. The maximum atomic E-state index is 13.1. The number of nitrogens with zero attached hydrogens (tertiary/aromatic N) is 2. The first kappa shape index (κ1) is 21.2. The van der Waals surface area contributed by atoms with Crippen LogP contribution < -0.4 is 10.9 Å². The number of carbonyl (C=O) groups excluding carboxylic acids is 2. The lowest BCUT2D eigenvalue weighted by molar-refractivity contribution is -0.119. The Morgan fingerprint density at radius 3 is 2.57 bits per heavy atom. The van der Waals surface area contributed by atoms with E-state index in [1.54, 1.807) is 54.5 Å². The predicted octanol–water partition coefficient (Wildman–Crippen LogP) is 1.85. The molecule has 0 unspecified atom stereocenters. The fourth-order valence-corrected chi connectivity index (χ4v) is 3.02. The summed E-state index contributed by atoms with van der Waals surface area (Å²) in [5.74, 6) is 0.0946. The summed E-state index contributed by atoms with van der Waals surface area (Å²) in [4.78, 5) is 45.3. The molecular weight excluding hydrogens is 384 g/mol. The highest BCUT2D eigenvalue weighted by Crippen LogP contribution is 2.12. The zero-order valence-electron chi connectivity index (χ0n) is 17.0. The van der Waals surface area contributed by atoms with Crippen molar-refractivity contribution in [3.05, 3.63) is 75.8 Å². The number of methoxy groups -OCH3 is 1. The van der Waals surface area contributed by atoms with E-state index in [2.05, 4.69) is 15.3 Å². The minimum absolute atomic E-state index is 0.113. The third kappa shape index (κ3) is 5.30. The Bertz CT molecular complexity index is 1090. The van der Waals surface area contributed by atoms with Crippen molar-refractivity contribution < 1.29 is 14.3 Å². The van der Waals surface area contributed by atoms with Gasteiger partial charge in [0.05, 0.1) is 24.1 Å². The monoisotopic (exact) mass is 408 g/mol. The van der Waals surface area contributed by atoms with E-state index in [0.29, 0.717) is 42.0 Å². The van der Waals surface area contributed by atoms with E-state index in [4.69, 9.17) is 4.74 Å². The smallest absolute Gasteiger partial charge is 0.258 e. The number of aromatic nitrogens is 2. The van der Waals surface area contributed by atoms with Gasteiger partial charge < -0.3 is 19.9 Å². The van der Waals surface area contributed by atoms with E-state index in [1.807, 2.05) is 6.07 Å². The number of hydrogen-bond acceptors (Lipinski definition) is 5. The highest BCUT2D eigenvalue weighted by Gasteiger charge is 2.18. The van der Waals surface area contributed by atoms with Crippen LogP contribution in [0.15, 0.2) is 53.3 Å². The molecule has 2 amide bonds. The largest absolute Gasteiger partial charge is 0.383 e. The van der Waals surface area contributed by atoms with Crippen LogP contribution in [0.25, 0.3) is 10.9 Å². The van der Waals surface area contributed by atoms with E-state index < -0.39 is 0 Å². The average Bonchev–Trinajstić information content (AvgIpc) is 2.75. The lowest BCUT2D eigenvalue weighted by atomic mass is 10.1. The Morgan fingerprint density at radius 2 is 1.87 bits per heavy atom. The molecule has 30 heavy (non-hydrogen) atoms. The van der Waals surface area contributed by atoms with Crippen LogP contribution in [0.2, 0.25) is 0 Å². The highest BCUT2D eigenvalue weighted by molar-refractivity contribution is 5.94. The first-order valence-corrected chi connectivity index (χ1v) is 9.57. The molecule has 2 aromatic carbocycles. The summed E-state index contributed by atoms with van der Waals surface area (Å²) < 4.78 is 5.14. The normalized spacial score (nSPS) is 10.7. The Morgan fingerprint density at radius 1 is 1.13 bits per heavy atom. The summed E-state index contributed by atoms with van der Waals surface area (Å²) in [6, 6.07) is 14.1. The van der Waals surface area contributed by atoms with E-state index >= 15 is 0 Å². The molecule has 0 aliphatic rings. The topological polar surface area (TPSA) is 104 Å². The minimum Gasteiger partial charge on any atom is -0.383 e. The summed E-state index contributed by atoms with van der Waals surface area (Å²) in [5.41, 5.74) is 1.74. The summed E-state index contributed by atoms with van der Waals surface area (Å²) in [7, 11) is 1.57. The zero-order valence-corrected chi connectivity index (χ0v) is 17.0. The van der Waals surface area contributed by atoms with Crippen LogP contribution in [-0.4, -0.2) is 46.9 Å². The number of rotatable bonds is 8. The van der Waals surface area contributed by atoms with E-state index in [1.165, 1.54) is 6.92 Å². The number of nitrogens with one attached hydrogen (secondary N) is 2. The van der Waals surface area contributed by atoms with Gasteiger partial charge in [-0.25, -0.2) is 4.98 Å². The molecule has 0 radical (unpaired) electrons. The molecule has 0 aliphatic carbocycles. The summed E-state index contributed by atoms with van der Waals surface area (Å²) in [5, 5.41) is 3.23. The fraction of sp³-hybridized carbons (Fsp3) is 0.273. The highest BCUT2D eigenvalue weighted by atomic mass is 16.5. The van der Waals surface area contributed by atoms with Crippen LogP contribution in [0, 0.1) is 0 Å². The van der Waals surface area contributed by atoms with Gasteiger partial charge in [0.1, 0.15) is 5.82 Å². The Hall–Kier alpha value is -3.52. The van der Waals surface area contributed by atoms with Gasteiger partial charge in [0.25, 0.3) is 11.5 Å². The van der Waals surface area contributed by atoms with Crippen molar-refractivity contribution in [2.24, 2.45) is 0 Å². The third-order valence-electron chi connectivity index (χ3n) is 4.60. The summed E-state index contributed by atoms with van der Waals surface area (Å²) in [6.45, 7) is 2.70. The van der Waals surface area contributed by atoms with Crippen molar-refractivity contribution in [1.82, 2.24) is 20.2 Å². The van der Waals surface area contributed by atoms with Crippen molar-refractivity contribution in [3.63, 3.8) is 0 Å². The van der Waals surface area contributed by atoms with Crippen molar-refractivity contribution >= 4 is 22.7 Å². The van der Waals surface area contributed by atoms with E-state index in [-0.39, 0.29) is 23.9 Å². The predicted molar refractivity (Wildman–Crippen MR) is 113 cm³/mol. The number of hydrogen-bond donors (Lipinski definition) is 2. The molecule has 0 atom stereocenters. The van der Waals surface area contributed by atoms with Crippen molar-refractivity contribution in [2.45, 2.75) is 20.0 Å². The van der Waals surface area contributed by atoms with Crippen LogP contribution >= 0.6 is 0 Å². The van der Waals surface area contributed by atoms with Crippen molar-refractivity contribution in [2.75, 3.05) is 20.3 Å². The quantitative estimate of drug-likeness (QED) is 0.592. The molecule has 3 aromatic rings. The molecule has 156 valence electrons. The number of benzene rings is 2. The Kier molecular flexibility index (Phi) is 6.92. The number of amides is 2. The van der Waals surface area contributed by atoms with Gasteiger partial charge in [-0.15, -0.1) is 0 Å². The Labute approximate surface area is 173 Å². The first-order valence-electron chi connectivity index (χ1n) is 9.57. The lowest BCUT2D eigenvalue weighted by Gasteiger charge is -2.22. The van der Waals surface area contributed by atoms with Crippen molar-refractivity contribution in [1.29, 1.82) is 0 Å². The summed E-state index contributed by atoms with van der Waals surface area (Å²) in [6.07, 6.45) is 0. The molecule has 0 saturated heterocycles. The second-order valence-corrected chi connectivity index (χ2v) is 6.86. The molecule has 1 aromatic heterocycles. The van der Waals surface area contributed by atoms with E-state index in [0.717, 1.165) is 5.56 Å². The minimum atomic E-state index is -0.239. The molecule has 0 bridgehead atoms. The van der Waals surface area contributed by atoms with Gasteiger partial charge in [0.2, 0.25) is 5.91 Å². The van der Waals surface area contributed by atoms with Crippen LogP contribution in [-0.2, 0) is 22.6 Å². The maximum absolute atomic E-state index is 13.1. The number of para-hydroxylation sites is 1. The van der Waals surface area contributed by atoms with Gasteiger partial charge in [0.15, 0.2) is 0 Å². The molecule has 0 saturated carbocycles. The van der Waals surface area contributed by atoms with Gasteiger partial charge in [-0.2, -0.15) is 0 Å². The second kappa shape index (κ2) is 9.80. The van der Waals surface area contributed by atoms with Crippen LogP contribution in [0.1, 0.15) is 28.7 Å². The van der Waals surface area contributed by atoms with Gasteiger partial charge >= 0.3 is 0 Å². The van der Waals surface area contributed by atoms with E-state index in [9.17, 15) is 14.4 Å². The van der Waals surface area contributed by atoms with Crippen molar-refractivity contribution in [3.8, 4) is 0 Å². The number of ether oxygens (including phenoxy) is 1. The lowest BCUT2D eigenvalue weighted by Crippen LogP contribution is -2.34. The number of H-pyrrole nitrogens is 1. The Balaban J connectivity index is 1.80. The molecule has 2 N–H and O–H groups in total. The fourth-order valence-electron chi connectivity index (χ4n) is 3.02. The first-order chi connectivity index (χ1) is 14.5. The van der Waals surface area contributed by atoms with Gasteiger partial charge in [-0.05, 0) is 29.8 Å². The molecule has 0 spiro atoms. The average molecular weight is 408 g/mol. The maximum Gasteiger partial charge on any atom is 0.258 e. The second-order valence-electron chi connectivity index (χ2n) is 6.86. The molecule has 0 fully saturated rings. The van der Waals surface area contributed by atoms with Crippen LogP contribution in [0.4, 0.5) is 0 Å². The number of fused-ring (bicyclic) bond motifs is 1. The van der Waals surface area contributed by atoms with Crippen LogP contribution in [0.5, 0.6) is 0 Å². The molecule has 8 heteroatoms. The van der Waals surface area contributed by atoms with Gasteiger partial charge in [-0.1, -0.05) is 24.3 Å².